The number of fused-ring (bicyclic) bond motifs is 1. The Hall–Kier alpha value is -5.24. The number of phenols is 1. The van der Waals surface area contributed by atoms with Gasteiger partial charge in [-0.25, -0.2) is 0 Å². The van der Waals surface area contributed by atoms with Crippen LogP contribution in [0.1, 0.15) is 26.5 Å². The van der Waals surface area contributed by atoms with Crippen LogP contribution in [-0.2, 0) is 0 Å². The van der Waals surface area contributed by atoms with E-state index in [-0.39, 0.29) is 28.6 Å². The molecule has 3 aromatic carbocycles. The van der Waals surface area contributed by atoms with Gasteiger partial charge >= 0.3 is 0 Å². The number of carbonyl (C=O) groups is 2. The number of imidazole rings is 1. The number of nitrogens with zero attached hydrogens (tertiary/aromatic N) is 4. The molecule has 0 aliphatic rings. The minimum Gasteiger partial charge on any atom is -0.505 e. The number of phenolic OH excluding ortho intramolecular Hbond substituents is 1. The van der Waals surface area contributed by atoms with Crippen molar-refractivity contribution in [1.82, 2.24) is 9.97 Å². The standard InChI is InChI=1S/C23H17N7O4/c1-34-14-8-6-13(7-9-14)26-22(33)16-10-12-4-2-3-5-15(12)18(20(16)31)29-30-23-27-17(11-24)19(28-23)21(25)32/h2-10,31H,1H3,(H2,25,32)(H,26,33)(H,27,28). The van der Waals surface area contributed by atoms with Crippen LogP contribution in [0.15, 0.2) is 64.8 Å². The fourth-order valence-electron chi connectivity index (χ4n) is 3.23. The summed E-state index contributed by atoms with van der Waals surface area (Å²) in [5, 5.41) is 31.8. The molecule has 0 aliphatic heterocycles. The lowest BCUT2D eigenvalue weighted by atomic mass is 10.0. The first-order chi connectivity index (χ1) is 16.4. The van der Waals surface area contributed by atoms with Crippen molar-refractivity contribution in [2.75, 3.05) is 12.4 Å². The predicted molar refractivity (Wildman–Crippen MR) is 123 cm³/mol. The zero-order chi connectivity index (χ0) is 24.2. The molecule has 0 saturated heterocycles. The van der Waals surface area contributed by atoms with Crippen molar-refractivity contribution in [2.45, 2.75) is 0 Å². The maximum absolute atomic E-state index is 12.9. The molecular weight excluding hydrogens is 438 g/mol. The third-order valence-corrected chi connectivity index (χ3v) is 4.88. The van der Waals surface area contributed by atoms with Crippen LogP contribution in [0.5, 0.6) is 11.5 Å². The van der Waals surface area contributed by atoms with E-state index in [0.29, 0.717) is 22.2 Å². The van der Waals surface area contributed by atoms with Crippen molar-refractivity contribution in [1.29, 1.82) is 5.26 Å². The molecule has 1 aromatic heterocycles. The number of nitrogens with one attached hydrogen (secondary N) is 2. The van der Waals surface area contributed by atoms with E-state index in [0.717, 1.165) is 0 Å². The van der Waals surface area contributed by atoms with E-state index >= 15 is 0 Å². The van der Waals surface area contributed by atoms with Gasteiger partial charge in [-0.3, -0.25) is 9.59 Å². The number of nitrogens with two attached hydrogens (primary N) is 1. The summed E-state index contributed by atoms with van der Waals surface area (Å²) in [5.41, 5.74) is 5.25. The van der Waals surface area contributed by atoms with Crippen LogP contribution in [0.2, 0.25) is 0 Å². The Labute approximate surface area is 192 Å². The summed E-state index contributed by atoms with van der Waals surface area (Å²) < 4.78 is 5.11. The molecule has 0 spiro atoms. The second-order valence-electron chi connectivity index (χ2n) is 6.99. The molecule has 2 amide bonds. The van der Waals surface area contributed by atoms with Crippen LogP contribution in [0.4, 0.5) is 17.3 Å². The quantitative estimate of drug-likeness (QED) is 0.320. The van der Waals surface area contributed by atoms with Gasteiger partial charge in [0.05, 0.1) is 12.7 Å². The van der Waals surface area contributed by atoms with Gasteiger partial charge in [0, 0.05) is 11.1 Å². The van der Waals surface area contributed by atoms with Gasteiger partial charge in [-0.1, -0.05) is 24.3 Å². The highest BCUT2D eigenvalue weighted by atomic mass is 16.5. The second-order valence-corrected chi connectivity index (χ2v) is 6.99. The third-order valence-electron chi connectivity index (χ3n) is 4.88. The molecule has 0 unspecified atom stereocenters. The van der Waals surface area contributed by atoms with Gasteiger partial charge in [0.25, 0.3) is 11.8 Å². The highest BCUT2D eigenvalue weighted by Crippen LogP contribution is 2.39. The summed E-state index contributed by atoms with van der Waals surface area (Å²) in [4.78, 5) is 30.7. The lowest BCUT2D eigenvalue weighted by Gasteiger charge is -2.11. The lowest BCUT2D eigenvalue weighted by Crippen LogP contribution is -2.12. The summed E-state index contributed by atoms with van der Waals surface area (Å²) in [6.45, 7) is 0. The van der Waals surface area contributed by atoms with Crippen LogP contribution < -0.4 is 15.8 Å². The molecular formula is C23H17N7O4. The Kier molecular flexibility index (Phi) is 5.88. The van der Waals surface area contributed by atoms with Gasteiger partial charge in [0.15, 0.2) is 11.4 Å². The highest BCUT2D eigenvalue weighted by Gasteiger charge is 2.19. The largest absolute Gasteiger partial charge is 0.505 e. The molecule has 0 saturated carbocycles. The number of H-pyrrole nitrogens is 1. The molecule has 0 radical (unpaired) electrons. The van der Waals surface area contributed by atoms with E-state index < -0.39 is 17.6 Å². The molecule has 4 rings (SSSR count). The highest BCUT2D eigenvalue weighted by molar-refractivity contribution is 6.11. The molecule has 0 atom stereocenters. The first-order valence-electron chi connectivity index (χ1n) is 9.83. The van der Waals surface area contributed by atoms with E-state index in [1.54, 1.807) is 54.6 Å². The number of anilines is 1. The molecule has 34 heavy (non-hydrogen) atoms. The Morgan fingerprint density at radius 3 is 2.56 bits per heavy atom. The summed E-state index contributed by atoms with van der Waals surface area (Å²) >= 11 is 0. The fraction of sp³-hybridized carbons (Fsp3) is 0.0435. The number of aromatic hydroxyl groups is 1. The molecule has 11 nitrogen and oxygen atoms in total. The average molecular weight is 455 g/mol. The van der Waals surface area contributed by atoms with E-state index in [1.807, 2.05) is 0 Å². The summed E-state index contributed by atoms with van der Waals surface area (Å²) in [6, 6.07) is 16.9. The number of rotatable bonds is 6. The van der Waals surface area contributed by atoms with Gasteiger partial charge < -0.3 is 25.9 Å². The van der Waals surface area contributed by atoms with Crippen molar-refractivity contribution < 1.29 is 19.4 Å². The number of nitriles is 1. The lowest BCUT2D eigenvalue weighted by molar-refractivity contribution is 0.0993. The number of aromatic amines is 1. The third kappa shape index (κ3) is 4.23. The Bertz CT molecular complexity index is 1480. The Balaban J connectivity index is 1.74. The first kappa shape index (κ1) is 22.0. The van der Waals surface area contributed by atoms with E-state index in [1.165, 1.54) is 13.2 Å². The molecule has 0 aliphatic carbocycles. The number of ether oxygens (including phenoxy) is 1. The van der Waals surface area contributed by atoms with Crippen molar-refractivity contribution >= 4 is 39.9 Å². The maximum atomic E-state index is 12.9. The Morgan fingerprint density at radius 2 is 1.91 bits per heavy atom. The SMILES string of the molecule is COc1ccc(NC(=O)c2cc3ccccc3c(N=Nc3nc(C#N)c(C(N)=O)[nH]3)c2O)cc1. The smallest absolute Gasteiger partial charge is 0.268 e. The second kappa shape index (κ2) is 9.09. The fourth-order valence-corrected chi connectivity index (χ4v) is 3.23. The van der Waals surface area contributed by atoms with Gasteiger partial charge in [-0.2, -0.15) is 10.2 Å². The number of amides is 2. The van der Waals surface area contributed by atoms with Crippen LogP contribution >= 0.6 is 0 Å². The number of carbonyl (C=O) groups excluding carboxylic acids is 2. The predicted octanol–water partition coefficient (Wildman–Crippen LogP) is 3.92. The molecule has 0 fully saturated rings. The molecule has 5 N–H and O–H groups in total. The summed E-state index contributed by atoms with van der Waals surface area (Å²) in [6.07, 6.45) is 0. The van der Waals surface area contributed by atoms with Crippen LogP contribution in [0.3, 0.4) is 0 Å². The first-order valence-corrected chi connectivity index (χ1v) is 9.83. The van der Waals surface area contributed by atoms with Crippen molar-refractivity contribution in [2.24, 2.45) is 16.0 Å². The number of hydrogen-bond donors (Lipinski definition) is 4. The molecule has 1 heterocycles. The van der Waals surface area contributed by atoms with Gasteiger partial charge in [0.2, 0.25) is 5.95 Å². The van der Waals surface area contributed by atoms with Gasteiger partial charge in [0.1, 0.15) is 23.2 Å². The molecule has 0 bridgehead atoms. The van der Waals surface area contributed by atoms with Crippen LogP contribution in [0.25, 0.3) is 10.8 Å². The molecule has 4 aromatic rings. The normalized spacial score (nSPS) is 10.8. The number of primary amides is 1. The zero-order valence-corrected chi connectivity index (χ0v) is 17.7. The van der Waals surface area contributed by atoms with Crippen molar-refractivity contribution in [3.63, 3.8) is 0 Å². The average Bonchev–Trinajstić information content (AvgIpc) is 3.27. The zero-order valence-electron chi connectivity index (χ0n) is 17.7. The van der Waals surface area contributed by atoms with Gasteiger partial charge in [-0.05, 0) is 35.7 Å². The summed E-state index contributed by atoms with van der Waals surface area (Å²) in [7, 11) is 1.54. The minimum atomic E-state index is -0.879. The molecule has 168 valence electrons. The maximum Gasteiger partial charge on any atom is 0.268 e. The van der Waals surface area contributed by atoms with Gasteiger partial charge in [-0.15, -0.1) is 10.2 Å². The molecule has 11 heteroatoms. The minimum absolute atomic E-state index is 0.00788. The number of azo groups is 1. The number of benzene rings is 3. The Morgan fingerprint density at radius 1 is 1.18 bits per heavy atom. The number of aromatic nitrogens is 2. The summed E-state index contributed by atoms with van der Waals surface area (Å²) in [5.74, 6) is -1.38. The monoisotopic (exact) mass is 455 g/mol. The van der Waals surface area contributed by atoms with E-state index in [2.05, 4.69) is 25.5 Å². The number of methoxy groups -OCH3 is 1. The number of hydrogen-bond acceptors (Lipinski definition) is 8. The van der Waals surface area contributed by atoms with E-state index in [4.69, 9.17) is 15.7 Å². The van der Waals surface area contributed by atoms with E-state index in [9.17, 15) is 14.7 Å². The topological polar surface area (TPSA) is 179 Å². The van der Waals surface area contributed by atoms with Crippen LogP contribution in [0, 0.1) is 11.3 Å². The van der Waals surface area contributed by atoms with Crippen molar-refractivity contribution in [3.05, 3.63) is 71.5 Å². The van der Waals surface area contributed by atoms with Crippen molar-refractivity contribution in [3.8, 4) is 17.6 Å². The van der Waals surface area contributed by atoms with Crippen LogP contribution in [-0.4, -0.2) is 34.0 Å².